The summed E-state index contributed by atoms with van der Waals surface area (Å²) in [6.45, 7) is 1.99. The molecule has 0 atom stereocenters. The van der Waals surface area contributed by atoms with Gasteiger partial charge in [0.2, 0.25) is 0 Å². The van der Waals surface area contributed by atoms with Crippen LogP contribution < -0.4 is 0 Å². The Morgan fingerprint density at radius 2 is 2.00 bits per heavy atom. The second-order valence-corrected chi connectivity index (χ2v) is 4.84. The molecule has 0 aliphatic carbocycles. The summed E-state index contributed by atoms with van der Waals surface area (Å²) in [5.74, 6) is 0. The zero-order valence-corrected chi connectivity index (χ0v) is 9.62. The molecule has 2 nitrogen and oxygen atoms in total. The maximum absolute atomic E-state index is 5.99. The number of pyridine rings is 1. The van der Waals surface area contributed by atoms with E-state index in [0.29, 0.717) is 15.7 Å². The maximum atomic E-state index is 5.99. The van der Waals surface area contributed by atoms with Crippen LogP contribution in [0.3, 0.4) is 0 Å². The second kappa shape index (κ2) is 3.85. The van der Waals surface area contributed by atoms with Crippen LogP contribution in [0.4, 0.5) is 0 Å². The lowest BCUT2D eigenvalue weighted by Gasteiger charge is -1.98. The second-order valence-electron chi connectivity index (χ2n) is 2.76. The Morgan fingerprint density at radius 3 is 2.57 bits per heavy atom. The van der Waals surface area contributed by atoms with Crippen LogP contribution in [0.15, 0.2) is 18.5 Å². The fourth-order valence-electron chi connectivity index (χ4n) is 1.04. The summed E-state index contributed by atoms with van der Waals surface area (Å²) in [5, 5.41) is 1.89. The molecule has 0 aromatic carbocycles. The number of halogens is 2. The van der Waals surface area contributed by atoms with Crippen molar-refractivity contribution >= 4 is 34.5 Å². The van der Waals surface area contributed by atoms with Crippen molar-refractivity contribution in [1.82, 2.24) is 9.97 Å². The van der Waals surface area contributed by atoms with Gasteiger partial charge in [-0.15, -0.1) is 11.3 Å². The maximum Gasteiger partial charge on any atom is 0.143 e. The minimum absolute atomic E-state index is 0.534. The van der Waals surface area contributed by atoms with Crippen molar-refractivity contribution in [2.75, 3.05) is 0 Å². The lowest BCUT2D eigenvalue weighted by atomic mass is 10.3. The molecule has 2 aromatic heterocycles. The molecule has 0 saturated carbocycles. The van der Waals surface area contributed by atoms with Crippen molar-refractivity contribution in [2.45, 2.75) is 6.92 Å². The van der Waals surface area contributed by atoms with E-state index in [2.05, 4.69) is 9.97 Å². The zero-order chi connectivity index (χ0) is 10.1. The summed E-state index contributed by atoms with van der Waals surface area (Å²) >= 11 is 13.3. The van der Waals surface area contributed by atoms with E-state index < -0.39 is 0 Å². The molecular formula is C9H6Cl2N2S. The first-order valence-electron chi connectivity index (χ1n) is 3.90. The third-order valence-electron chi connectivity index (χ3n) is 1.63. The van der Waals surface area contributed by atoms with Crippen molar-refractivity contribution in [1.29, 1.82) is 0 Å². The summed E-state index contributed by atoms with van der Waals surface area (Å²) in [6.07, 6.45) is 3.37. The third kappa shape index (κ3) is 1.90. The molecule has 5 heteroatoms. The van der Waals surface area contributed by atoms with E-state index in [1.807, 2.05) is 6.92 Å². The van der Waals surface area contributed by atoms with Crippen molar-refractivity contribution in [3.63, 3.8) is 0 Å². The van der Waals surface area contributed by atoms with E-state index in [1.165, 1.54) is 0 Å². The van der Waals surface area contributed by atoms with Crippen LogP contribution >= 0.6 is 34.5 Å². The van der Waals surface area contributed by atoms with Crippen molar-refractivity contribution in [3.8, 4) is 10.7 Å². The van der Waals surface area contributed by atoms with Crippen molar-refractivity contribution in [2.24, 2.45) is 0 Å². The van der Waals surface area contributed by atoms with E-state index in [-0.39, 0.29) is 0 Å². The van der Waals surface area contributed by atoms with E-state index in [0.717, 1.165) is 9.88 Å². The monoisotopic (exact) mass is 244 g/mol. The van der Waals surface area contributed by atoms with E-state index in [9.17, 15) is 0 Å². The molecule has 72 valence electrons. The van der Waals surface area contributed by atoms with Gasteiger partial charge in [0.25, 0.3) is 0 Å². The molecule has 0 bridgehead atoms. The largest absolute Gasteiger partial charge is 0.251 e. The number of nitrogens with zero attached hydrogens (tertiary/aromatic N) is 2. The minimum atomic E-state index is 0.534. The van der Waals surface area contributed by atoms with Gasteiger partial charge in [0, 0.05) is 17.3 Å². The molecule has 14 heavy (non-hydrogen) atoms. The quantitative estimate of drug-likeness (QED) is 0.763. The first kappa shape index (κ1) is 9.90. The lowest BCUT2D eigenvalue weighted by molar-refractivity contribution is 1.29. The smallest absolute Gasteiger partial charge is 0.143 e. The molecule has 0 spiro atoms. The highest BCUT2D eigenvalue weighted by Gasteiger charge is 2.08. The van der Waals surface area contributed by atoms with Gasteiger partial charge < -0.3 is 0 Å². The SMILES string of the molecule is Cc1cnc(-c2ncc(Cl)cc2Cl)s1. The number of thiazole rings is 1. The number of hydrogen-bond donors (Lipinski definition) is 0. The number of aromatic nitrogens is 2. The Bertz CT molecular complexity index is 468. The molecule has 2 heterocycles. The van der Waals surface area contributed by atoms with Gasteiger partial charge in [-0.25, -0.2) is 4.98 Å². The number of rotatable bonds is 1. The zero-order valence-electron chi connectivity index (χ0n) is 7.29. The lowest BCUT2D eigenvalue weighted by Crippen LogP contribution is -1.83. The Labute approximate surface area is 95.5 Å². The van der Waals surface area contributed by atoms with Crippen LogP contribution in [-0.2, 0) is 0 Å². The van der Waals surface area contributed by atoms with Gasteiger partial charge in [0.1, 0.15) is 10.7 Å². The fraction of sp³-hybridized carbons (Fsp3) is 0.111. The normalized spacial score (nSPS) is 10.5. The molecule has 0 aliphatic rings. The van der Waals surface area contributed by atoms with Crippen molar-refractivity contribution in [3.05, 3.63) is 33.4 Å². The molecular weight excluding hydrogens is 239 g/mol. The van der Waals surface area contributed by atoms with Gasteiger partial charge >= 0.3 is 0 Å². The molecule has 0 amide bonds. The predicted molar refractivity (Wildman–Crippen MR) is 60.1 cm³/mol. The average Bonchev–Trinajstić information content (AvgIpc) is 2.51. The fourth-order valence-corrected chi connectivity index (χ4v) is 2.34. The van der Waals surface area contributed by atoms with Gasteiger partial charge in [-0.3, -0.25) is 4.98 Å². The highest BCUT2D eigenvalue weighted by Crippen LogP contribution is 2.30. The Hall–Kier alpha value is -0.640. The van der Waals surface area contributed by atoms with Crippen LogP contribution in [-0.4, -0.2) is 9.97 Å². The van der Waals surface area contributed by atoms with E-state index >= 15 is 0 Å². The Kier molecular flexibility index (Phi) is 2.72. The predicted octanol–water partition coefficient (Wildman–Crippen LogP) is 3.82. The van der Waals surface area contributed by atoms with Crippen LogP contribution in [0.5, 0.6) is 0 Å². The molecule has 0 saturated heterocycles. The first-order valence-corrected chi connectivity index (χ1v) is 5.48. The summed E-state index contributed by atoms with van der Waals surface area (Å²) in [4.78, 5) is 9.48. The molecule has 2 aromatic rings. The van der Waals surface area contributed by atoms with E-state index in [4.69, 9.17) is 23.2 Å². The van der Waals surface area contributed by atoms with E-state index in [1.54, 1.807) is 29.8 Å². The summed E-state index contributed by atoms with van der Waals surface area (Å²) in [5.41, 5.74) is 0.689. The molecule has 0 unspecified atom stereocenters. The van der Waals surface area contributed by atoms with Gasteiger partial charge in [0.05, 0.1) is 10.0 Å². The highest BCUT2D eigenvalue weighted by molar-refractivity contribution is 7.15. The highest BCUT2D eigenvalue weighted by atomic mass is 35.5. The summed E-state index contributed by atoms with van der Waals surface area (Å²) in [6, 6.07) is 1.67. The number of aryl methyl sites for hydroxylation is 1. The van der Waals surface area contributed by atoms with Crippen molar-refractivity contribution < 1.29 is 0 Å². The van der Waals surface area contributed by atoms with Gasteiger partial charge in [0.15, 0.2) is 0 Å². The summed E-state index contributed by atoms with van der Waals surface area (Å²) < 4.78 is 0. The summed E-state index contributed by atoms with van der Waals surface area (Å²) in [7, 11) is 0. The molecule has 0 radical (unpaired) electrons. The topological polar surface area (TPSA) is 25.8 Å². The first-order chi connectivity index (χ1) is 6.66. The van der Waals surface area contributed by atoms with Gasteiger partial charge in [-0.1, -0.05) is 23.2 Å². The Morgan fingerprint density at radius 1 is 1.21 bits per heavy atom. The molecule has 2 rings (SSSR count). The third-order valence-corrected chi connectivity index (χ3v) is 3.05. The van der Waals surface area contributed by atoms with Crippen LogP contribution in [0.2, 0.25) is 10.0 Å². The molecule has 0 aliphatic heterocycles. The standard InChI is InChI=1S/C9H6Cl2N2S/c1-5-3-13-9(14-5)8-7(11)2-6(10)4-12-8/h2-4H,1H3. The average molecular weight is 245 g/mol. The molecule has 0 fully saturated rings. The van der Waals surface area contributed by atoms with Gasteiger partial charge in [-0.05, 0) is 13.0 Å². The Balaban J connectivity index is 2.52. The van der Waals surface area contributed by atoms with Gasteiger partial charge in [-0.2, -0.15) is 0 Å². The minimum Gasteiger partial charge on any atom is -0.251 e. The number of hydrogen-bond acceptors (Lipinski definition) is 3. The van der Waals surface area contributed by atoms with Crippen LogP contribution in [0.25, 0.3) is 10.7 Å². The van der Waals surface area contributed by atoms with Crippen LogP contribution in [0, 0.1) is 6.92 Å². The van der Waals surface area contributed by atoms with Crippen LogP contribution in [0.1, 0.15) is 4.88 Å². The molecule has 0 N–H and O–H groups in total.